The molecule has 0 radical (unpaired) electrons. The van der Waals surface area contributed by atoms with Crippen LogP contribution in [0.5, 0.6) is 0 Å². The smallest absolute Gasteiger partial charge is 0.0797 e. The zero-order valence-corrected chi connectivity index (χ0v) is 16.4. The van der Waals surface area contributed by atoms with Crippen molar-refractivity contribution in [2.45, 2.75) is 76.6 Å². The lowest BCUT2D eigenvalue weighted by atomic mass is 9.47. The maximum atomic E-state index is 10.3. The van der Waals surface area contributed by atoms with E-state index in [0.717, 1.165) is 25.2 Å². The lowest BCUT2D eigenvalue weighted by Crippen LogP contribution is -2.53. The molecule has 1 N–H and O–H groups in total. The average molecular weight is 369 g/mol. The van der Waals surface area contributed by atoms with E-state index in [9.17, 15) is 5.11 Å². The summed E-state index contributed by atoms with van der Waals surface area (Å²) in [5.74, 6) is 1.25. The Morgan fingerprint density at radius 3 is 2.59 bits per heavy atom. The van der Waals surface area contributed by atoms with Gasteiger partial charge in [-0.1, -0.05) is 54.9 Å². The Hall–Kier alpha value is -0.0800. The van der Waals surface area contributed by atoms with Crippen LogP contribution in [0, 0.1) is 22.7 Å². The molecule has 2 aliphatic rings. The van der Waals surface area contributed by atoms with Crippen LogP contribution in [-0.2, 0) is 0 Å². The molecule has 0 heterocycles. The van der Waals surface area contributed by atoms with Gasteiger partial charge >= 0.3 is 0 Å². The second-order valence-electron chi connectivity index (χ2n) is 8.74. The highest BCUT2D eigenvalue weighted by atomic mass is 79.9. The van der Waals surface area contributed by atoms with E-state index < -0.39 is 5.60 Å². The molecule has 2 aliphatic carbocycles. The predicted octanol–water partition coefficient (Wildman–Crippen LogP) is 5.88. The fourth-order valence-corrected chi connectivity index (χ4v) is 5.76. The van der Waals surface area contributed by atoms with Gasteiger partial charge in [-0.3, -0.25) is 0 Å². The zero-order chi connectivity index (χ0) is 16.8. The van der Waals surface area contributed by atoms with Crippen molar-refractivity contribution < 1.29 is 5.11 Å². The molecule has 126 valence electrons. The standard InChI is InChI=1S/C20H33BrO/c1-7-19(5,22)12-10-15-14(2)8-9-16-18(3,4)17(21)11-13-20(15,16)6/h7,15-17,22H,1-2,8-13H2,3-6H3/t15-,16-,17-,19?,20+/m1/s1. The Bertz CT molecular complexity index is 451. The van der Waals surface area contributed by atoms with E-state index in [-0.39, 0.29) is 0 Å². The second-order valence-corrected chi connectivity index (χ2v) is 9.84. The van der Waals surface area contributed by atoms with Crippen molar-refractivity contribution in [1.82, 2.24) is 0 Å². The largest absolute Gasteiger partial charge is 0.386 e. The third-order valence-electron chi connectivity index (χ3n) is 6.86. The van der Waals surface area contributed by atoms with Gasteiger partial charge in [0.1, 0.15) is 0 Å². The van der Waals surface area contributed by atoms with Gasteiger partial charge in [-0.05, 0) is 68.1 Å². The number of rotatable bonds is 4. The van der Waals surface area contributed by atoms with Gasteiger partial charge in [0, 0.05) is 4.83 Å². The minimum Gasteiger partial charge on any atom is -0.386 e. The summed E-state index contributed by atoms with van der Waals surface area (Å²) in [7, 11) is 0. The fraction of sp³-hybridized carbons (Fsp3) is 0.800. The first-order chi connectivity index (χ1) is 10.0. The summed E-state index contributed by atoms with van der Waals surface area (Å²) in [6, 6.07) is 0. The van der Waals surface area contributed by atoms with Gasteiger partial charge in [0.15, 0.2) is 0 Å². The Morgan fingerprint density at radius 2 is 2.00 bits per heavy atom. The number of halogens is 1. The summed E-state index contributed by atoms with van der Waals surface area (Å²) < 4.78 is 0. The van der Waals surface area contributed by atoms with E-state index in [1.807, 2.05) is 6.92 Å². The molecular weight excluding hydrogens is 336 g/mol. The van der Waals surface area contributed by atoms with Crippen molar-refractivity contribution in [1.29, 1.82) is 0 Å². The van der Waals surface area contributed by atoms with Crippen molar-refractivity contribution in [3.05, 3.63) is 24.8 Å². The molecule has 0 spiro atoms. The minimum atomic E-state index is -0.758. The first-order valence-electron chi connectivity index (χ1n) is 8.72. The summed E-state index contributed by atoms with van der Waals surface area (Å²) in [5.41, 5.74) is 1.29. The van der Waals surface area contributed by atoms with Crippen molar-refractivity contribution in [3.63, 3.8) is 0 Å². The fourth-order valence-electron chi connectivity index (χ4n) is 5.21. The lowest BCUT2D eigenvalue weighted by Gasteiger charge is -2.59. The molecule has 2 fully saturated rings. The molecule has 0 bridgehead atoms. The Balaban J connectivity index is 2.25. The summed E-state index contributed by atoms with van der Waals surface area (Å²) in [4.78, 5) is 0.612. The van der Waals surface area contributed by atoms with Crippen molar-refractivity contribution >= 4 is 15.9 Å². The van der Waals surface area contributed by atoms with E-state index >= 15 is 0 Å². The van der Waals surface area contributed by atoms with E-state index in [0.29, 0.717) is 21.6 Å². The highest BCUT2D eigenvalue weighted by Crippen LogP contribution is 2.63. The van der Waals surface area contributed by atoms with Crippen LogP contribution in [0.1, 0.15) is 66.2 Å². The molecule has 1 unspecified atom stereocenters. The van der Waals surface area contributed by atoms with Crippen LogP contribution in [0.4, 0.5) is 0 Å². The van der Waals surface area contributed by atoms with Crippen LogP contribution in [0.15, 0.2) is 24.8 Å². The summed E-state index contributed by atoms with van der Waals surface area (Å²) in [5, 5.41) is 10.3. The van der Waals surface area contributed by atoms with Crippen LogP contribution in [0.2, 0.25) is 0 Å². The molecule has 0 amide bonds. The number of alkyl halides is 1. The SMILES string of the molecule is C=CC(C)(O)CC[C@@H]1C(=C)CC[C@@H]2C(C)(C)[C@H](Br)CC[C@@]12C. The number of hydrogen-bond acceptors (Lipinski definition) is 1. The zero-order valence-electron chi connectivity index (χ0n) is 14.8. The van der Waals surface area contributed by atoms with E-state index in [4.69, 9.17) is 0 Å². The summed E-state index contributed by atoms with van der Waals surface area (Å²) in [6.07, 6.45) is 8.38. The van der Waals surface area contributed by atoms with E-state index in [2.05, 4.69) is 49.9 Å². The topological polar surface area (TPSA) is 20.2 Å². The van der Waals surface area contributed by atoms with Crippen LogP contribution >= 0.6 is 15.9 Å². The van der Waals surface area contributed by atoms with Gasteiger partial charge < -0.3 is 5.11 Å². The van der Waals surface area contributed by atoms with Gasteiger partial charge in [-0.2, -0.15) is 0 Å². The number of hydrogen-bond donors (Lipinski definition) is 1. The van der Waals surface area contributed by atoms with Gasteiger partial charge in [0.25, 0.3) is 0 Å². The quantitative estimate of drug-likeness (QED) is 0.485. The molecule has 22 heavy (non-hydrogen) atoms. The summed E-state index contributed by atoms with van der Waals surface area (Å²) >= 11 is 3.94. The van der Waals surface area contributed by atoms with E-state index in [1.54, 1.807) is 6.08 Å². The number of fused-ring (bicyclic) bond motifs is 1. The molecule has 2 rings (SSSR count). The molecule has 1 nitrogen and oxygen atoms in total. The maximum absolute atomic E-state index is 10.3. The minimum absolute atomic E-state index is 0.320. The van der Waals surface area contributed by atoms with Gasteiger partial charge in [0.05, 0.1) is 5.60 Å². The first-order valence-corrected chi connectivity index (χ1v) is 9.64. The normalized spacial score (nSPS) is 40.6. The number of aliphatic hydroxyl groups is 1. The van der Waals surface area contributed by atoms with Gasteiger partial charge in [-0.15, -0.1) is 6.58 Å². The Labute approximate surface area is 145 Å². The predicted molar refractivity (Wildman–Crippen MR) is 99.2 cm³/mol. The molecule has 5 atom stereocenters. The number of allylic oxidation sites excluding steroid dienone is 1. The molecule has 2 heteroatoms. The molecule has 0 aromatic heterocycles. The van der Waals surface area contributed by atoms with Crippen LogP contribution < -0.4 is 0 Å². The first kappa shape index (κ1) is 18.3. The summed E-state index contributed by atoms with van der Waals surface area (Å²) in [6.45, 7) is 17.4. The molecule has 0 aromatic rings. The Morgan fingerprint density at radius 1 is 1.36 bits per heavy atom. The van der Waals surface area contributed by atoms with Crippen molar-refractivity contribution in [2.24, 2.45) is 22.7 Å². The Kier molecular flexibility index (Phi) is 5.06. The molecule has 0 aliphatic heterocycles. The highest BCUT2D eigenvalue weighted by molar-refractivity contribution is 9.09. The van der Waals surface area contributed by atoms with Gasteiger partial charge in [-0.25, -0.2) is 0 Å². The highest BCUT2D eigenvalue weighted by Gasteiger charge is 2.55. The van der Waals surface area contributed by atoms with Crippen molar-refractivity contribution in [2.75, 3.05) is 0 Å². The second kappa shape index (κ2) is 6.09. The van der Waals surface area contributed by atoms with Crippen LogP contribution in [0.25, 0.3) is 0 Å². The lowest BCUT2D eigenvalue weighted by molar-refractivity contribution is -0.0531. The monoisotopic (exact) mass is 368 g/mol. The third kappa shape index (κ3) is 3.11. The molecule has 2 saturated carbocycles. The van der Waals surface area contributed by atoms with Crippen LogP contribution in [0.3, 0.4) is 0 Å². The van der Waals surface area contributed by atoms with Gasteiger partial charge in [0.2, 0.25) is 0 Å². The third-order valence-corrected chi connectivity index (χ3v) is 8.50. The average Bonchev–Trinajstić information content (AvgIpc) is 2.42. The van der Waals surface area contributed by atoms with Crippen molar-refractivity contribution in [3.8, 4) is 0 Å². The van der Waals surface area contributed by atoms with E-state index in [1.165, 1.54) is 24.8 Å². The molecule has 0 aromatic carbocycles. The van der Waals surface area contributed by atoms with Crippen LogP contribution in [-0.4, -0.2) is 15.5 Å². The molecular formula is C20H33BrO. The molecule has 0 saturated heterocycles. The maximum Gasteiger partial charge on any atom is 0.0797 e.